The number of likely N-dealkylation sites (N-methyl/N-ethyl adjacent to an activating group) is 1. The van der Waals surface area contributed by atoms with E-state index in [1.807, 2.05) is 4.90 Å². The fourth-order valence-electron chi connectivity index (χ4n) is 3.18. The van der Waals surface area contributed by atoms with Gasteiger partial charge < -0.3 is 24.0 Å². The van der Waals surface area contributed by atoms with E-state index in [0.717, 1.165) is 25.9 Å². The van der Waals surface area contributed by atoms with E-state index in [1.165, 1.54) is 4.90 Å². The monoisotopic (exact) mass is 393 g/mol. The second kappa shape index (κ2) is 10.2. The second-order valence-corrected chi connectivity index (χ2v) is 7.50. The first-order valence-electron chi connectivity index (χ1n) is 9.58. The molecule has 0 aromatic carbocycles. The molecule has 156 valence electrons. The predicted molar refractivity (Wildman–Crippen MR) is 103 cm³/mol. The fraction of sp³-hybridized carbons (Fsp3) is 0.684. The van der Waals surface area contributed by atoms with E-state index in [2.05, 4.69) is 24.0 Å². The summed E-state index contributed by atoms with van der Waals surface area (Å²) >= 11 is 0. The Morgan fingerprint density at radius 1 is 1.18 bits per heavy atom. The number of carbonyl (C=O) groups excluding carboxylic acids is 3. The molecule has 2 rings (SSSR count). The minimum atomic E-state index is -0.508. The quantitative estimate of drug-likeness (QED) is 0.578. The molecule has 1 saturated heterocycles. The zero-order valence-corrected chi connectivity index (χ0v) is 17.3. The third-order valence-electron chi connectivity index (χ3n) is 5.07. The van der Waals surface area contributed by atoms with Crippen LogP contribution >= 0.6 is 0 Å². The standard InChI is InChI=1S/C19H31N5O4/c1-21(2)15-7-10-23(11-8-15)17(25)6-5-16-20-9-12-24(16)13-19(27)28-14-18(26)22(3)4/h9,12,15H,5-8,10-11,13-14H2,1-4H3. The molecule has 0 bridgehead atoms. The minimum absolute atomic E-state index is 0.0293. The van der Waals surface area contributed by atoms with Gasteiger partial charge in [-0.15, -0.1) is 0 Å². The highest BCUT2D eigenvalue weighted by atomic mass is 16.5. The lowest BCUT2D eigenvalue weighted by atomic mass is 10.0. The lowest BCUT2D eigenvalue weighted by molar-refractivity contribution is -0.151. The maximum atomic E-state index is 12.5. The Kier molecular flexibility index (Phi) is 7.98. The molecule has 1 aliphatic heterocycles. The van der Waals surface area contributed by atoms with Crippen LogP contribution in [0, 0.1) is 0 Å². The third-order valence-corrected chi connectivity index (χ3v) is 5.07. The zero-order valence-electron chi connectivity index (χ0n) is 17.3. The Labute approximate surface area is 166 Å². The van der Waals surface area contributed by atoms with Crippen molar-refractivity contribution < 1.29 is 19.1 Å². The number of hydrogen-bond acceptors (Lipinski definition) is 6. The summed E-state index contributed by atoms with van der Waals surface area (Å²) in [6, 6.07) is 0.535. The molecule has 28 heavy (non-hydrogen) atoms. The topological polar surface area (TPSA) is 88.0 Å². The number of hydrogen-bond donors (Lipinski definition) is 0. The highest BCUT2D eigenvalue weighted by Crippen LogP contribution is 2.15. The van der Waals surface area contributed by atoms with Gasteiger partial charge in [0.2, 0.25) is 5.91 Å². The van der Waals surface area contributed by atoms with Crippen LogP contribution in [0.3, 0.4) is 0 Å². The smallest absolute Gasteiger partial charge is 0.326 e. The van der Waals surface area contributed by atoms with Gasteiger partial charge in [0.05, 0.1) is 0 Å². The van der Waals surface area contributed by atoms with Gasteiger partial charge in [-0.1, -0.05) is 0 Å². The molecule has 0 atom stereocenters. The first-order valence-corrected chi connectivity index (χ1v) is 9.58. The molecule has 9 heteroatoms. The number of aryl methyl sites for hydroxylation is 1. The van der Waals surface area contributed by atoms with Gasteiger partial charge in [0.15, 0.2) is 6.61 Å². The lowest BCUT2D eigenvalue weighted by Crippen LogP contribution is -2.44. The molecule has 9 nitrogen and oxygen atoms in total. The number of aromatic nitrogens is 2. The molecule has 1 aliphatic rings. The van der Waals surface area contributed by atoms with E-state index in [9.17, 15) is 14.4 Å². The first-order chi connectivity index (χ1) is 13.3. The Hall–Kier alpha value is -2.42. The van der Waals surface area contributed by atoms with Gasteiger partial charge >= 0.3 is 5.97 Å². The molecular formula is C19H31N5O4. The highest BCUT2D eigenvalue weighted by molar-refractivity contribution is 5.80. The first kappa shape index (κ1) is 21.9. The van der Waals surface area contributed by atoms with Crippen LogP contribution in [0.2, 0.25) is 0 Å². The number of carbonyl (C=O) groups is 3. The summed E-state index contributed by atoms with van der Waals surface area (Å²) in [5.74, 6) is -0.00676. The minimum Gasteiger partial charge on any atom is -0.454 e. The molecule has 0 radical (unpaired) electrons. The van der Waals surface area contributed by atoms with Crippen LogP contribution in [0.4, 0.5) is 0 Å². The number of piperidine rings is 1. The summed E-state index contributed by atoms with van der Waals surface area (Å²) in [4.78, 5) is 45.6. The van der Waals surface area contributed by atoms with Gasteiger partial charge in [0.25, 0.3) is 5.91 Å². The van der Waals surface area contributed by atoms with Crippen molar-refractivity contribution in [3.05, 3.63) is 18.2 Å². The van der Waals surface area contributed by atoms with Crippen LogP contribution in [0.5, 0.6) is 0 Å². The maximum absolute atomic E-state index is 12.5. The van der Waals surface area contributed by atoms with Gasteiger partial charge in [0, 0.05) is 58.5 Å². The molecule has 1 aromatic heterocycles. The number of likely N-dealkylation sites (tertiary alicyclic amines) is 1. The van der Waals surface area contributed by atoms with Crippen molar-refractivity contribution in [2.24, 2.45) is 0 Å². The van der Waals surface area contributed by atoms with Crippen LogP contribution < -0.4 is 0 Å². The largest absolute Gasteiger partial charge is 0.454 e. The Morgan fingerprint density at radius 3 is 2.46 bits per heavy atom. The van der Waals surface area contributed by atoms with Crippen LogP contribution in [-0.2, 0) is 32.1 Å². The van der Waals surface area contributed by atoms with Gasteiger partial charge in [-0.25, -0.2) is 4.98 Å². The average Bonchev–Trinajstić information content (AvgIpc) is 3.10. The number of nitrogens with zero attached hydrogens (tertiary/aromatic N) is 5. The van der Waals surface area contributed by atoms with Crippen molar-refractivity contribution in [1.82, 2.24) is 24.3 Å². The van der Waals surface area contributed by atoms with E-state index in [1.54, 1.807) is 31.1 Å². The zero-order chi connectivity index (χ0) is 20.7. The second-order valence-electron chi connectivity index (χ2n) is 7.50. The molecule has 0 N–H and O–H groups in total. The molecule has 2 amide bonds. The van der Waals surface area contributed by atoms with Gasteiger partial charge in [-0.3, -0.25) is 14.4 Å². The average molecular weight is 393 g/mol. The molecule has 0 spiro atoms. The molecule has 0 aliphatic carbocycles. The summed E-state index contributed by atoms with van der Waals surface area (Å²) in [5, 5.41) is 0. The van der Waals surface area contributed by atoms with E-state index < -0.39 is 5.97 Å². The van der Waals surface area contributed by atoms with Crippen LogP contribution in [0.1, 0.15) is 25.1 Å². The Bertz CT molecular complexity index is 678. The Balaban J connectivity index is 1.78. The summed E-state index contributed by atoms with van der Waals surface area (Å²) < 4.78 is 6.65. The molecule has 2 heterocycles. The third kappa shape index (κ3) is 6.33. The molecule has 0 saturated carbocycles. The summed E-state index contributed by atoms with van der Waals surface area (Å²) in [6.07, 6.45) is 6.08. The highest BCUT2D eigenvalue weighted by Gasteiger charge is 2.24. The number of esters is 1. The Morgan fingerprint density at radius 2 is 1.86 bits per heavy atom. The van der Waals surface area contributed by atoms with Crippen molar-refractivity contribution in [2.45, 2.75) is 38.3 Å². The van der Waals surface area contributed by atoms with Crippen LogP contribution in [-0.4, -0.2) is 96.0 Å². The van der Waals surface area contributed by atoms with E-state index in [0.29, 0.717) is 24.7 Å². The lowest BCUT2D eigenvalue weighted by Gasteiger charge is -2.35. The van der Waals surface area contributed by atoms with Crippen LogP contribution in [0.25, 0.3) is 0 Å². The van der Waals surface area contributed by atoms with Gasteiger partial charge in [0.1, 0.15) is 12.4 Å². The number of amides is 2. The van der Waals surface area contributed by atoms with Crippen molar-refractivity contribution in [3.63, 3.8) is 0 Å². The van der Waals surface area contributed by atoms with Crippen molar-refractivity contribution in [3.8, 4) is 0 Å². The van der Waals surface area contributed by atoms with Gasteiger partial charge in [-0.05, 0) is 26.9 Å². The van der Waals surface area contributed by atoms with E-state index in [-0.39, 0.29) is 25.0 Å². The molecule has 1 fully saturated rings. The SMILES string of the molecule is CN(C)C(=O)COC(=O)Cn1ccnc1CCC(=O)N1CCC(N(C)C)CC1. The van der Waals surface area contributed by atoms with Crippen molar-refractivity contribution >= 4 is 17.8 Å². The van der Waals surface area contributed by atoms with Crippen molar-refractivity contribution in [2.75, 3.05) is 47.9 Å². The van der Waals surface area contributed by atoms with Gasteiger partial charge in [-0.2, -0.15) is 0 Å². The van der Waals surface area contributed by atoms with Crippen LogP contribution in [0.15, 0.2) is 12.4 Å². The predicted octanol–water partition coefficient (Wildman–Crippen LogP) is -0.000300. The summed E-state index contributed by atoms with van der Waals surface area (Å²) in [7, 11) is 7.35. The van der Waals surface area contributed by atoms with E-state index in [4.69, 9.17) is 4.74 Å². The number of imidazole rings is 1. The summed E-state index contributed by atoms with van der Waals surface area (Å²) in [5.41, 5.74) is 0. The molecule has 0 unspecified atom stereocenters. The maximum Gasteiger partial charge on any atom is 0.326 e. The number of ether oxygens (including phenoxy) is 1. The fourth-order valence-corrected chi connectivity index (χ4v) is 3.18. The van der Waals surface area contributed by atoms with E-state index >= 15 is 0 Å². The number of rotatable bonds is 8. The molecule has 1 aromatic rings. The normalized spacial score (nSPS) is 15.0. The summed E-state index contributed by atoms with van der Waals surface area (Å²) in [6.45, 7) is 1.25. The molecular weight excluding hydrogens is 362 g/mol. The van der Waals surface area contributed by atoms with Crippen molar-refractivity contribution in [1.29, 1.82) is 0 Å².